The molecule has 2 N–H and O–H groups in total. The molecule has 0 bridgehead atoms. The second-order valence-electron chi connectivity index (χ2n) is 9.03. The molecule has 1 unspecified atom stereocenters. The number of amides is 1. The number of rotatable bonds is 7. The Morgan fingerprint density at radius 2 is 1.63 bits per heavy atom. The van der Waals surface area contributed by atoms with Crippen LogP contribution >= 0.6 is 23.2 Å². The van der Waals surface area contributed by atoms with Crippen molar-refractivity contribution in [3.63, 3.8) is 0 Å². The molecule has 8 heteroatoms. The van der Waals surface area contributed by atoms with Crippen molar-refractivity contribution in [1.29, 1.82) is 0 Å². The van der Waals surface area contributed by atoms with Gasteiger partial charge in [-0.25, -0.2) is 8.78 Å². The molecule has 1 saturated heterocycles. The fourth-order valence-electron chi connectivity index (χ4n) is 4.54. The van der Waals surface area contributed by atoms with E-state index in [0.29, 0.717) is 40.7 Å². The van der Waals surface area contributed by atoms with Crippen LogP contribution in [0.4, 0.5) is 8.78 Å². The molecular formula is C27H26Cl2F2N2O2. The first kappa shape index (κ1) is 25.6. The third-order valence-corrected chi connectivity index (χ3v) is 7.13. The van der Waals surface area contributed by atoms with Gasteiger partial charge in [-0.2, -0.15) is 0 Å². The molecule has 1 aliphatic heterocycles. The number of carbonyl (C=O) groups is 1. The monoisotopic (exact) mass is 518 g/mol. The van der Waals surface area contributed by atoms with Gasteiger partial charge in [0.2, 0.25) is 5.91 Å². The zero-order valence-corrected chi connectivity index (χ0v) is 20.7. The number of hydrogen-bond acceptors (Lipinski definition) is 3. The Hall–Kier alpha value is -2.51. The molecule has 2 atom stereocenters. The average Bonchev–Trinajstić information content (AvgIpc) is 3.23. The topological polar surface area (TPSA) is 52.6 Å². The molecule has 1 aliphatic rings. The van der Waals surface area contributed by atoms with Crippen LogP contribution in [0.25, 0.3) is 0 Å². The van der Waals surface area contributed by atoms with Crippen molar-refractivity contribution in [2.75, 3.05) is 19.6 Å². The van der Waals surface area contributed by atoms with Crippen molar-refractivity contribution in [1.82, 2.24) is 10.2 Å². The van der Waals surface area contributed by atoms with Crippen LogP contribution in [-0.4, -0.2) is 41.7 Å². The summed E-state index contributed by atoms with van der Waals surface area (Å²) >= 11 is 12.2. The third-order valence-electron chi connectivity index (χ3n) is 6.63. The molecule has 35 heavy (non-hydrogen) atoms. The summed E-state index contributed by atoms with van der Waals surface area (Å²) in [7, 11) is 0. The Labute approximate surface area is 213 Å². The van der Waals surface area contributed by atoms with Crippen LogP contribution in [0.15, 0.2) is 66.7 Å². The average molecular weight is 519 g/mol. The summed E-state index contributed by atoms with van der Waals surface area (Å²) in [6, 6.07) is 16.5. The van der Waals surface area contributed by atoms with Crippen molar-refractivity contribution in [2.45, 2.75) is 30.9 Å². The van der Waals surface area contributed by atoms with E-state index in [1.165, 1.54) is 12.1 Å². The molecule has 0 aromatic heterocycles. The summed E-state index contributed by atoms with van der Waals surface area (Å²) in [6.45, 7) is 3.08. The fraction of sp³-hybridized carbons (Fsp3) is 0.296. The lowest BCUT2D eigenvalue weighted by Crippen LogP contribution is -2.47. The summed E-state index contributed by atoms with van der Waals surface area (Å²) < 4.78 is 28.5. The molecule has 184 valence electrons. The second-order valence-corrected chi connectivity index (χ2v) is 9.91. The van der Waals surface area contributed by atoms with Gasteiger partial charge in [0.1, 0.15) is 11.6 Å². The number of nitrogens with zero attached hydrogens (tertiary/aromatic N) is 1. The van der Waals surface area contributed by atoms with Gasteiger partial charge >= 0.3 is 0 Å². The maximum atomic E-state index is 14.8. The van der Waals surface area contributed by atoms with E-state index in [-0.39, 0.29) is 18.0 Å². The molecule has 4 nitrogen and oxygen atoms in total. The lowest BCUT2D eigenvalue weighted by Gasteiger charge is -2.33. The van der Waals surface area contributed by atoms with E-state index in [0.717, 1.165) is 6.07 Å². The van der Waals surface area contributed by atoms with Crippen LogP contribution in [-0.2, 0) is 10.2 Å². The third kappa shape index (κ3) is 5.67. The number of likely N-dealkylation sites (tertiary alicyclic amines) is 1. The van der Waals surface area contributed by atoms with Crippen LogP contribution in [0.5, 0.6) is 0 Å². The highest BCUT2D eigenvalue weighted by Crippen LogP contribution is 2.35. The van der Waals surface area contributed by atoms with Crippen molar-refractivity contribution in [3.05, 3.63) is 105 Å². The van der Waals surface area contributed by atoms with Gasteiger partial charge in [-0.3, -0.25) is 9.69 Å². The van der Waals surface area contributed by atoms with E-state index in [1.807, 2.05) is 4.90 Å². The maximum absolute atomic E-state index is 14.8. The molecule has 4 rings (SSSR count). The minimum atomic E-state index is -1.16. The first-order valence-electron chi connectivity index (χ1n) is 11.3. The lowest BCUT2D eigenvalue weighted by molar-refractivity contribution is -0.125. The zero-order valence-electron chi connectivity index (χ0n) is 19.1. The number of benzene rings is 3. The minimum Gasteiger partial charge on any atom is -0.392 e. The molecule has 3 aromatic rings. The van der Waals surface area contributed by atoms with E-state index in [2.05, 4.69) is 5.32 Å². The quantitative estimate of drug-likeness (QED) is 0.434. The van der Waals surface area contributed by atoms with Gasteiger partial charge in [0.25, 0.3) is 0 Å². The van der Waals surface area contributed by atoms with E-state index in [9.17, 15) is 18.7 Å². The molecule has 1 amide bonds. The first-order valence-corrected chi connectivity index (χ1v) is 12.1. The van der Waals surface area contributed by atoms with Crippen molar-refractivity contribution in [2.24, 2.45) is 0 Å². The number of aliphatic hydroxyl groups is 1. The highest BCUT2D eigenvalue weighted by atomic mass is 35.5. The molecule has 0 aliphatic carbocycles. The number of nitrogens with one attached hydrogen (secondary N) is 1. The van der Waals surface area contributed by atoms with Crippen LogP contribution < -0.4 is 5.32 Å². The largest absolute Gasteiger partial charge is 0.392 e. The number of hydrogen-bond donors (Lipinski definition) is 2. The Kier molecular flexibility index (Phi) is 7.77. The van der Waals surface area contributed by atoms with Gasteiger partial charge in [0, 0.05) is 41.3 Å². The number of aliphatic hydroxyl groups excluding tert-OH is 1. The van der Waals surface area contributed by atoms with Gasteiger partial charge in [-0.1, -0.05) is 53.5 Å². The summed E-state index contributed by atoms with van der Waals surface area (Å²) in [5, 5.41) is 14.0. The molecule has 0 saturated carbocycles. The van der Waals surface area contributed by atoms with E-state index >= 15 is 0 Å². The smallest absolute Gasteiger partial charge is 0.235 e. The van der Waals surface area contributed by atoms with Crippen LogP contribution in [0.1, 0.15) is 36.1 Å². The SMILES string of the molecule is CC(C(=O)N[C@H](CN1CCC(O)C1)c1ccc(F)cc1F)(c1ccc(Cl)cc1)c1ccc(Cl)cc1. The predicted molar refractivity (Wildman–Crippen MR) is 134 cm³/mol. The molecule has 0 spiro atoms. The van der Waals surface area contributed by atoms with Crippen molar-refractivity contribution < 1.29 is 18.7 Å². The van der Waals surface area contributed by atoms with Gasteiger partial charge < -0.3 is 10.4 Å². The van der Waals surface area contributed by atoms with Gasteiger partial charge in [0.05, 0.1) is 17.6 Å². The van der Waals surface area contributed by atoms with Crippen molar-refractivity contribution in [3.8, 4) is 0 Å². The summed E-state index contributed by atoms with van der Waals surface area (Å²) in [5.41, 5.74) is 0.401. The molecular weight excluding hydrogens is 493 g/mol. The highest BCUT2D eigenvalue weighted by molar-refractivity contribution is 6.30. The number of β-amino-alcohol motifs (C(OH)–C–C–N with tert-alkyl or cyclic N) is 1. The Bertz CT molecular complexity index is 1140. The standard InChI is InChI=1S/C27H26Cl2F2N2O2/c1-27(17-2-6-19(28)7-3-17,18-4-8-20(29)9-5-18)26(35)32-25(16-33-13-12-22(34)15-33)23-11-10-21(30)14-24(23)31/h2-11,14,22,25,34H,12-13,15-16H2,1H3,(H,32,35)/t22?,25-/m1/s1. The molecule has 1 heterocycles. The van der Waals surface area contributed by atoms with Crippen LogP contribution in [0.2, 0.25) is 10.0 Å². The normalized spacial score (nSPS) is 17.4. The summed E-state index contributed by atoms with van der Waals surface area (Å²) in [4.78, 5) is 16.0. The molecule has 3 aromatic carbocycles. The highest BCUT2D eigenvalue weighted by Gasteiger charge is 2.39. The van der Waals surface area contributed by atoms with E-state index in [4.69, 9.17) is 23.2 Å². The van der Waals surface area contributed by atoms with Gasteiger partial charge in [-0.15, -0.1) is 0 Å². The second kappa shape index (κ2) is 10.6. The van der Waals surface area contributed by atoms with Gasteiger partial charge in [0.15, 0.2) is 0 Å². The Morgan fingerprint density at radius 3 is 2.11 bits per heavy atom. The lowest BCUT2D eigenvalue weighted by atomic mass is 9.75. The molecule has 0 radical (unpaired) electrons. The van der Waals surface area contributed by atoms with E-state index in [1.54, 1.807) is 55.5 Å². The first-order chi connectivity index (χ1) is 16.7. The predicted octanol–water partition coefficient (Wildman–Crippen LogP) is 5.50. The van der Waals surface area contributed by atoms with Crippen LogP contribution in [0, 0.1) is 11.6 Å². The van der Waals surface area contributed by atoms with E-state index < -0.39 is 29.2 Å². The fourth-order valence-corrected chi connectivity index (χ4v) is 4.79. The minimum absolute atomic E-state index is 0.177. The number of carbonyl (C=O) groups excluding carboxylic acids is 1. The Balaban J connectivity index is 1.73. The van der Waals surface area contributed by atoms with Crippen molar-refractivity contribution >= 4 is 29.1 Å². The zero-order chi connectivity index (χ0) is 25.2. The van der Waals surface area contributed by atoms with Gasteiger partial charge in [-0.05, 0) is 54.8 Å². The maximum Gasteiger partial charge on any atom is 0.235 e. The Morgan fingerprint density at radius 1 is 1.06 bits per heavy atom. The number of halogens is 4. The summed E-state index contributed by atoms with van der Waals surface area (Å²) in [5.74, 6) is -1.80. The van der Waals surface area contributed by atoms with Crippen LogP contribution in [0.3, 0.4) is 0 Å². The molecule has 1 fully saturated rings. The summed E-state index contributed by atoms with van der Waals surface area (Å²) in [6.07, 6.45) is 0.123.